The van der Waals surface area contributed by atoms with Crippen molar-refractivity contribution in [1.29, 1.82) is 0 Å². The Kier molecular flexibility index (Phi) is 2.29. The number of hydrogen-bond acceptors (Lipinski definition) is 1. The molecule has 0 atom stereocenters. The molecule has 1 aliphatic rings. The fourth-order valence-electron chi connectivity index (χ4n) is 1.75. The predicted octanol–water partition coefficient (Wildman–Crippen LogP) is 4.46. The van der Waals surface area contributed by atoms with Crippen LogP contribution in [0.1, 0.15) is 11.1 Å². The summed E-state index contributed by atoms with van der Waals surface area (Å²) in [5.74, 6) is -0.185. The highest BCUT2D eigenvalue weighted by atomic mass is 32.2. The van der Waals surface area contributed by atoms with Crippen LogP contribution in [0.2, 0.25) is 0 Å². The topological polar surface area (TPSA) is 0 Å². The molecule has 0 saturated heterocycles. The normalized spacial score (nSPS) is 12.8. The van der Waals surface area contributed by atoms with E-state index in [-0.39, 0.29) is 5.82 Å². The Morgan fingerprint density at radius 3 is 2.50 bits per heavy atom. The first-order chi connectivity index (χ1) is 7.83. The Bertz CT molecular complexity index is 573. The quantitative estimate of drug-likeness (QED) is 0.547. The van der Waals surface area contributed by atoms with Crippen molar-refractivity contribution in [1.82, 2.24) is 0 Å². The minimum absolute atomic E-state index is 0.185. The summed E-state index contributed by atoms with van der Waals surface area (Å²) in [5.41, 5.74) is 2.13. The molecule has 0 aromatic heterocycles. The molecule has 0 aliphatic carbocycles. The van der Waals surface area contributed by atoms with Gasteiger partial charge in [0.2, 0.25) is 0 Å². The molecule has 3 rings (SSSR count). The second-order valence-corrected chi connectivity index (χ2v) is 4.74. The van der Waals surface area contributed by atoms with Crippen molar-refractivity contribution in [3.63, 3.8) is 0 Å². The molecule has 1 aliphatic heterocycles. The molecule has 0 saturated carbocycles. The van der Waals surface area contributed by atoms with E-state index in [1.807, 2.05) is 30.4 Å². The van der Waals surface area contributed by atoms with Gasteiger partial charge in [0.25, 0.3) is 0 Å². The van der Waals surface area contributed by atoms with E-state index in [4.69, 9.17) is 0 Å². The van der Waals surface area contributed by atoms with Crippen LogP contribution < -0.4 is 0 Å². The summed E-state index contributed by atoms with van der Waals surface area (Å²) in [6.45, 7) is 0. The lowest BCUT2D eigenvalue weighted by Crippen LogP contribution is -1.81. The van der Waals surface area contributed by atoms with Gasteiger partial charge in [-0.25, -0.2) is 4.39 Å². The summed E-state index contributed by atoms with van der Waals surface area (Å²) >= 11 is 1.68. The van der Waals surface area contributed by atoms with Gasteiger partial charge in [-0.2, -0.15) is 0 Å². The number of rotatable bonds is 0. The Morgan fingerprint density at radius 1 is 0.812 bits per heavy atom. The molecule has 16 heavy (non-hydrogen) atoms. The lowest BCUT2D eigenvalue weighted by Gasteiger charge is -2.04. The zero-order chi connectivity index (χ0) is 11.0. The third-order valence-corrected chi connectivity index (χ3v) is 3.74. The van der Waals surface area contributed by atoms with Gasteiger partial charge >= 0.3 is 0 Å². The number of fused-ring (bicyclic) bond motifs is 2. The average Bonchev–Trinajstić information content (AvgIpc) is 2.48. The first kappa shape index (κ1) is 9.67. The monoisotopic (exact) mass is 228 g/mol. The van der Waals surface area contributed by atoms with E-state index in [0.29, 0.717) is 0 Å². The molecule has 0 unspecified atom stereocenters. The van der Waals surface area contributed by atoms with E-state index in [1.54, 1.807) is 17.8 Å². The molecule has 78 valence electrons. The van der Waals surface area contributed by atoms with Crippen LogP contribution in [-0.4, -0.2) is 0 Å². The van der Waals surface area contributed by atoms with Crippen molar-refractivity contribution < 1.29 is 4.39 Å². The van der Waals surface area contributed by atoms with Gasteiger partial charge in [0.05, 0.1) is 0 Å². The predicted molar refractivity (Wildman–Crippen MR) is 65.9 cm³/mol. The molecule has 1 heterocycles. The molecule has 0 fully saturated rings. The van der Waals surface area contributed by atoms with Crippen LogP contribution in [0.15, 0.2) is 52.3 Å². The van der Waals surface area contributed by atoms with Crippen molar-refractivity contribution in [2.45, 2.75) is 9.79 Å². The Labute approximate surface area is 97.8 Å². The minimum Gasteiger partial charge on any atom is -0.207 e. The highest BCUT2D eigenvalue weighted by molar-refractivity contribution is 7.99. The Balaban J connectivity index is 2.17. The molecule has 0 N–H and O–H groups in total. The smallest absolute Gasteiger partial charge is 0.123 e. The standard InChI is InChI=1S/C14H9FS/c15-12-7-8-14-11(9-12)6-5-10-3-1-2-4-13(10)16-14/h1-9H. The van der Waals surface area contributed by atoms with Crippen molar-refractivity contribution in [2.75, 3.05) is 0 Å². The molecule has 2 heteroatoms. The van der Waals surface area contributed by atoms with E-state index >= 15 is 0 Å². The summed E-state index contributed by atoms with van der Waals surface area (Å²) in [6, 6.07) is 13.1. The fraction of sp³-hybridized carbons (Fsp3) is 0. The molecule has 0 bridgehead atoms. The molecule has 0 amide bonds. The van der Waals surface area contributed by atoms with Crippen molar-refractivity contribution in [2.24, 2.45) is 0 Å². The average molecular weight is 228 g/mol. The largest absolute Gasteiger partial charge is 0.207 e. The van der Waals surface area contributed by atoms with E-state index < -0.39 is 0 Å². The van der Waals surface area contributed by atoms with Gasteiger partial charge in [-0.1, -0.05) is 42.1 Å². The summed E-state index contributed by atoms with van der Waals surface area (Å²) in [6.07, 6.45) is 4.00. The van der Waals surface area contributed by atoms with Gasteiger partial charge < -0.3 is 0 Å². The van der Waals surface area contributed by atoms with Gasteiger partial charge in [0, 0.05) is 9.79 Å². The van der Waals surface area contributed by atoms with E-state index in [1.165, 1.54) is 16.5 Å². The second-order valence-electron chi connectivity index (χ2n) is 3.66. The first-order valence-corrected chi connectivity index (χ1v) is 5.89. The zero-order valence-corrected chi connectivity index (χ0v) is 9.30. The third kappa shape index (κ3) is 1.65. The van der Waals surface area contributed by atoms with Crippen LogP contribution in [0.3, 0.4) is 0 Å². The lowest BCUT2D eigenvalue weighted by molar-refractivity contribution is 0.626. The van der Waals surface area contributed by atoms with Crippen LogP contribution in [0.5, 0.6) is 0 Å². The number of hydrogen-bond donors (Lipinski definition) is 0. The summed E-state index contributed by atoms with van der Waals surface area (Å²) in [4.78, 5) is 2.31. The lowest BCUT2D eigenvalue weighted by atomic mass is 10.1. The van der Waals surface area contributed by atoms with E-state index in [2.05, 4.69) is 12.1 Å². The molecular formula is C14H9FS. The molecule has 2 aromatic rings. The van der Waals surface area contributed by atoms with Gasteiger partial charge in [0.15, 0.2) is 0 Å². The van der Waals surface area contributed by atoms with E-state index in [0.717, 1.165) is 10.5 Å². The van der Waals surface area contributed by atoms with Crippen LogP contribution >= 0.6 is 11.8 Å². The zero-order valence-electron chi connectivity index (χ0n) is 8.48. The minimum atomic E-state index is -0.185. The summed E-state index contributed by atoms with van der Waals surface area (Å²) < 4.78 is 13.1. The van der Waals surface area contributed by atoms with Gasteiger partial charge in [0.1, 0.15) is 5.82 Å². The maximum Gasteiger partial charge on any atom is 0.123 e. The van der Waals surface area contributed by atoms with E-state index in [9.17, 15) is 4.39 Å². The summed E-state index contributed by atoms with van der Waals surface area (Å²) in [7, 11) is 0. The molecule has 0 nitrogen and oxygen atoms in total. The SMILES string of the molecule is Fc1ccc2c(c1)C=Cc1ccccc1S2. The Morgan fingerprint density at radius 2 is 1.56 bits per heavy atom. The third-order valence-electron chi connectivity index (χ3n) is 2.55. The van der Waals surface area contributed by atoms with Crippen LogP contribution in [0, 0.1) is 5.82 Å². The summed E-state index contributed by atoms with van der Waals surface area (Å²) in [5, 5.41) is 0. The van der Waals surface area contributed by atoms with Crippen LogP contribution in [-0.2, 0) is 0 Å². The van der Waals surface area contributed by atoms with Crippen molar-refractivity contribution in [3.8, 4) is 0 Å². The van der Waals surface area contributed by atoms with Crippen molar-refractivity contribution >= 4 is 23.9 Å². The second kappa shape index (κ2) is 3.80. The fourth-order valence-corrected chi connectivity index (χ4v) is 2.77. The van der Waals surface area contributed by atoms with Crippen molar-refractivity contribution in [3.05, 3.63) is 59.4 Å². The molecule has 2 aromatic carbocycles. The van der Waals surface area contributed by atoms with Crippen LogP contribution in [0.4, 0.5) is 4.39 Å². The molecule has 0 radical (unpaired) electrons. The number of halogens is 1. The van der Waals surface area contributed by atoms with Gasteiger partial charge in [-0.15, -0.1) is 0 Å². The maximum absolute atomic E-state index is 13.1. The molecule has 0 spiro atoms. The Hall–Kier alpha value is -1.54. The molecular weight excluding hydrogens is 219 g/mol. The highest BCUT2D eigenvalue weighted by Gasteiger charge is 2.09. The maximum atomic E-state index is 13.1. The number of benzene rings is 2. The van der Waals surface area contributed by atoms with Gasteiger partial charge in [-0.3, -0.25) is 0 Å². The highest BCUT2D eigenvalue weighted by Crippen LogP contribution is 2.37. The van der Waals surface area contributed by atoms with Gasteiger partial charge in [-0.05, 0) is 35.4 Å². The first-order valence-electron chi connectivity index (χ1n) is 5.07. The van der Waals surface area contributed by atoms with Crippen LogP contribution in [0.25, 0.3) is 12.2 Å².